The lowest BCUT2D eigenvalue weighted by Gasteiger charge is -2.20. The quantitative estimate of drug-likeness (QED) is 0.245. The number of nitrogens with zero attached hydrogens (tertiary/aromatic N) is 1. The van der Waals surface area contributed by atoms with Gasteiger partial charge in [0.2, 0.25) is 0 Å². The molecule has 3 unspecified atom stereocenters. The first-order valence-electron chi connectivity index (χ1n) is 7.44. The number of carbonyl (C=O) groups is 2. The van der Waals surface area contributed by atoms with Gasteiger partial charge in [0.25, 0.3) is 5.56 Å². The summed E-state index contributed by atoms with van der Waals surface area (Å²) in [5.74, 6) is -5.03. The Morgan fingerprint density at radius 3 is 2.48 bits per heavy atom. The maximum Gasteiger partial charge on any atom is 0.582 e. The summed E-state index contributed by atoms with van der Waals surface area (Å²) in [7, 11) is -1.24. The molecule has 0 aliphatic carbocycles. The lowest BCUT2D eigenvalue weighted by molar-refractivity contribution is -0.157. The van der Waals surface area contributed by atoms with Gasteiger partial charge in [0.15, 0.2) is 18.2 Å². The predicted octanol–water partition coefficient (Wildman–Crippen LogP) is -0.403. The Balaban J connectivity index is 2.41. The Morgan fingerprint density at radius 2 is 2.00 bits per heavy atom. The van der Waals surface area contributed by atoms with Crippen molar-refractivity contribution in [1.82, 2.24) is 9.55 Å². The average Bonchev–Trinajstić information content (AvgIpc) is 2.88. The first kappa shape index (κ1) is 21.3. The fraction of sp³-hybridized carbons (Fsp3) is 0.538. The largest absolute Gasteiger partial charge is 0.582 e. The van der Waals surface area contributed by atoms with E-state index < -0.39 is 67.3 Å². The van der Waals surface area contributed by atoms with Gasteiger partial charge in [0, 0.05) is 25.8 Å². The number of aromatic nitrogens is 2. The van der Waals surface area contributed by atoms with Crippen LogP contribution in [0.2, 0.25) is 0 Å². The van der Waals surface area contributed by atoms with E-state index >= 15 is 0 Å². The van der Waals surface area contributed by atoms with Gasteiger partial charge >= 0.3 is 24.9 Å². The molecule has 0 amide bonds. The number of H-pyrrole nitrogens is 1. The first-order chi connectivity index (χ1) is 12.6. The van der Waals surface area contributed by atoms with Gasteiger partial charge in [-0.25, -0.2) is 4.79 Å². The molecule has 0 bridgehead atoms. The van der Waals surface area contributed by atoms with Crippen LogP contribution in [0.1, 0.15) is 12.6 Å². The van der Waals surface area contributed by atoms with E-state index in [9.17, 15) is 23.7 Å². The molecule has 27 heavy (non-hydrogen) atoms. The molecule has 1 saturated heterocycles. The topological polar surface area (TPSA) is 174 Å². The fourth-order valence-corrected chi connectivity index (χ4v) is 3.56. The minimum Gasteiger partial charge on any atom is -0.481 e. The van der Waals surface area contributed by atoms with Gasteiger partial charge in [-0.2, -0.15) is 0 Å². The van der Waals surface area contributed by atoms with Crippen molar-refractivity contribution in [1.29, 1.82) is 0 Å². The van der Waals surface area contributed by atoms with E-state index in [1.54, 1.807) is 0 Å². The summed E-state index contributed by atoms with van der Waals surface area (Å²) in [5, 5.41) is 18.2. The van der Waals surface area contributed by atoms with Crippen LogP contribution >= 0.6 is 19.5 Å². The zero-order valence-electron chi connectivity index (χ0n) is 13.8. The molecule has 14 heteroatoms. The van der Waals surface area contributed by atoms with E-state index in [-0.39, 0.29) is 0 Å². The number of aromatic amines is 1. The molecule has 3 N–H and O–H groups in total. The summed E-state index contributed by atoms with van der Waals surface area (Å²) in [6, 6.07) is 1.05. The summed E-state index contributed by atoms with van der Waals surface area (Å²) in [6.07, 6.45) is -4.04. The van der Waals surface area contributed by atoms with E-state index in [1.165, 1.54) is 7.11 Å². The molecule has 1 aromatic rings. The van der Waals surface area contributed by atoms with Crippen LogP contribution < -0.4 is 11.2 Å². The molecule has 1 aliphatic rings. The van der Waals surface area contributed by atoms with Crippen molar-refractivity contribution in [3.8, 4) is 0 Å². The SMILES string of the molecule is CO[C@H]1C(O[P+](=O)S)C(CC(C(=O)O)C(=O)O)O[C@H]1n1ccc(=O)[nH]c1=O. The summed E-state index contributed by atoms with van der Waals surface area (Å²) >= 11 is 3.64. The highest BCUT2D eigenvalue weighted by Crippen LogP contribution is 2.41. The number of aliphatic carboxylic acids is 2. The minimum absolute atomic E-state index is 0.541. The maximum atomic E-state index is 12.0. The summed E-state index contributed by atoms with van der Waals surface area (Å²) in [4.78, 5) is 47.6. The van der Waals surface area contributed by atoms with E-state index in [0.29, 0.717) is 0 Å². The molecule has 0 saturated carbocycles. The average molecular weight is 423 g/mol. The van der Waals surface area contributed by atoms with Crippen LogP contribution in [0.4, 0.5) is 0 Å². The number of hydrogen-bond acceptors (Lipinski definition) is 8. The Morgan fingerprint density at radius 1 is 1.37 bits per heavy atom. The van der Waals surface area contributed by atoms with Crippen LogP contribution in [0.3, 0.4) is 0 Å². The zero-order chi connectivity index (χ0) is 20.3. The third kappa shape index (κ3) is 4.82. The normalized spacial score (nSPS) is 25.5. The summed E-state index contributed by atoms with van der Waals surface area (Å²) in [6.45, 7) is 0. The van der Waals surface area contributed by atoms with Crippen LogP contribution in [-0.2, 0) is 28.2 Å². The zero-order valence-corrected chi connectivity index (χ0v) is 15.5. The van der Waals surface area contributed by atoms with Crippen LogP contribution in [-0.4, -0.2) is 57.1 Å². The second kappa shape index (κ2) is 8.76. The molecule has 2 heterocycles. The Labute approximate surface area is 157 Å². The molecule has 1 aliphatic heterocycles. The van der Waals surface area contributed by atoms with Crippen molar-refractivity contribution < 1.29 is 38.4 Å². The Kier molecular flexibility index (Phi) is 6.89. The molecular formula is C13H16N2O10PS+. The van der Waals surface area contributed by atoms with Crippen molar-refractivity contribution in [2.45, 2.75) is 31.0 Å². The lowest BCUT2D eigenvalue weighted by atomic mass is 9.97. The smallest absolute Gasteiger partial charge is 0.481 e. The molecule has 0 radical (unpaired) electrons. The summed E-state index contributed by atoms with van der Waals surface area (Å²) < 4.78 is 28.4. The van der Waals surface area contributed by atoms with Crippen molar-refractivity contribution in [3.63, 3.8) is 0 Å². The number of carboxylic acid groups (broad SMARTS) is 2. The molecule has 0 spiro atoms. The fourth-order valence-electron chi connectivity index (χ4n) is 2.77. The molecule has 12 nitrogen and oxygen atoms in total. The first-order valence-corrected chi connectivity index (χ1v) is 9.77. The highest BCUT2D eigenvalue weighted by atomic mass is 32.7. The van der Waals surface area contributed by atoms with Crippen molar-refractivity contribution >= 4 is 31.4 Å². The van der Waals surface area contributed by atoms with Crippen LogP contribution in [0, 0.1) is 5.92 Å². The van der Waals surface area contributed by atoms with Gasteiger partial charge in [-0.3, -0.25) is 23.9 Å². The molecule has 0 aromatic carbocycles. The Bertz CT molecular complexity index is 840. The van der Waals surface area contributed by atoms with Gasteiger partial charge in [-0.15, -0.1) is 4.52 Å². The second-order valence-corrected chi connectivity index (χ2v) is 7.22. The number of rotatable bonds is 8. The van der Waals surface area contributed by atoms with Crippen molar-refractivity contribution in [3.05, 3.63) is 33.1 Å². The maximum absolute atomic E-state index is 12.0. The number of methoxy groups -OCH3 is 1. The van der Waals surface area contributed by atoms with Gasteiger partial charge in [-0.05, 0) is 4.57 Å². The molecule has 1 aromatic heterocycles. The number of ether oxygens (including phenoxy) is 2. The number of nitrogens with one attached hydrogen (secondary N) is 1. The highest BCUT2D eigenvalue weighted by molar-refractivity contribution is 8.39. The molecular weight excluding hydrogens is 407 g/mol. The van der Waals surface area contributed by atoms with Gasteiger partial charge in [0.05, 0.1) is 6.10 Å². The molecule has 2 rings (SSSR count). The summed E-state index contributed by atoms with van der Waals surface area (Å²) in [5.41, 5.74) is -1.49. The number of thiol groups is 1. The van der Waals surface area contributed by atoms with Gasteiger partial charge in [0.1, 0.15) is 18.4 Å². The highest BCUT2D eigenvalue weighted by Gasteiger charge is 2.52. The van der Waals surface area contributed by atoms with Crippen LogP contribution in [0.25, 0.3) is 0 Å². The van der Waals surface area contributed by atoms with E-state index in [2.05, 4.69) is 12.2 Å². The second-order valence-electron chi connectivity index (χ2n) is 5.56. The standard InChI is InChI=1S/C13H15N2O10PS/c1-23-9-8(25-26(22)27)6(4-5(11(17)18)12(19)20)24-10(9)15-3-2-7(16)14-13(15)21/h2-3,5-6,8-10H,4H2,1H3,(H3-,14,16,17,18,19,20,21,22,27)/p+1/t6?,8?,9-,10+/m0/s1. The van der Waals surface area contributed by atoms with Crippen molar-refractivity contribution in [2.24, 2.45) is 5.92 Å². The van der Waals surface area contributed by atoms with E-state index in [0.717, 1.165) is 16.8 Å². The van der Waals surface area contributed by atoms with Gasteiger partial charge in [-0.1, -0.05) is 0 Å². The van der Waals surface area contributed by atoms with E-state index in [4.69, 9.17) is 24.2 Å². The van der Waals surface area contributed by atoms with Gasteiger partial charge < -0.3 is 19.7 Å². The molecule has 1 fully saturated rings. The third-order valence-electron chi connectivity index (χ3n) is 3.96. The number of hydrogen-bond donors (Lipinski definition) is 4. The van der Waals surface area contributed by atoms with E-state index in [1.807, 2.05) is 4.98 Å². The monoisotopic (exact) mass is 423 g/mol. The minimum atomic E-state index is -2.48. The number of carboxylic acids is 2. The third-order valence-corrected chi connectivity index (χ3v) is 4.67. The Hall–Kier alpha value is -2.05. The molecule has 5 atom stereocenters. The van der Waals surface area contributed by atoms with Crippen LogP contribution in [0.5, 0.6) is 0 Å². The predicted molar refractivity (Wildman–Crippen MR) is 90.9 cm³/mol. The lowest BCUT2D eigenvalue weighted by Crippen LogP contribution is -2.39. The van der Waals surface area contributed by atoms with Crippen molar-refractivity contribution in [2.75, 3.05) is 7.11 Å². The molecule has 148 valence electrons. The van der Waals surface area contributed by atoms with Crippen LogP contribution in [0.15, 0.2) is 21.9 Å².